The quantitative estimate of drug-likeness (QED) is 0.330. The molecule has 0 radical (unpaired) electrons. The van der Waals surface area contributed by atoms with Crippen molar-refractivity contribution in [1.29, 1.82) is 0 Å². The molecule has 1 aliphatic carbocycles. The molecule has 2 atom stereocenters. The number of rotatable bonds is 11. The van der Waals surface area contributed by atoms with Crippen molar-refractivity contribution < 1.29 is 29.0 Å². The molecule has 0 aliphatic heterocycles. The first-order chi connectivity index (χ1) is 18.7. The third-order valence-corrected chi connectivity index (χ3v) is 7.01. The minimum Gasteiger partial charge on any atom is -0.481 e. The third kappa shape index (κ3) is 6.64. The van der Waals surface area contributed by atoms with E-state index in [0.717, 1.165) is 27.8 Å². The molecule has 3 aromatic carbocycles. The summed E-state index contributed by atoms with van der Waals surface area (Å²) in [5, 5.41) is 14.7. The number of alkyl carbamates (subject to hydrolysis) is 1. The molecule has 2 amide bonds. The van der Waals surface area contributed by atoms with E-state index in [1.165, 1.54) is 13.8 Å². The van der Waals surface area contributed by atoms with Crippen LogP contribution in [0.4, 0.5) is 4.79 Å². The van der Waals surface area contributed by atoms with E-state index in [-0.39, 0.29) is 25.7 Å². The molecule has 3 aromatic rings. The van der Waals surface area contributed by atoms with Crippen LogP contribution < -0.4 is 10.6 Å². The van der Waals surface area contributed by atoms with Gasteiger partial charge in [0.2, 0.25) is 5.91 Å². The number of ether oxygens (including phenoxy) is 2. The summed E-state index contributed by atoms with van der Waals surface area (Å²) in [5.74, 6) is -1.73. The van der Waals surface area contributed by atoms with Gasteiger partial charge in [0.1, 0.15) is 12.6 Å². The molecule has 0 saturated heterocycles. The van der Waals surface area contributed by atoms with Crippen LogP contribution in [0.2, 0.25) is 0 Å². The molecule has 204 valence electrons. The number of carboxylic acids is 1. The summed E-state index contributed by atoms with van der Waals surface area (Å²) < 4.78 is 11.6. The molecule has 8 heteroatoms. The van der Waals surface area contributed by atoms with E-state index in [1.54, 1.807) is 6.92 Å². The minimum absolute atomic E-state index is 0.0967. The van der Waals surface area contributed by atoms with Crippen molar-refractivity contribution in [1.82, 2.24) is 10.6 Å². The summed E-state index contributed by atoms with van der Waals surface area (Å²) in [4.78, 5) is 37.6. The average molecular weight is 531 g/mol. The molecule has 39 heavy (non-hydrogen) atoms. The van der Waals surface area contributed by atoms with Gasteiger partial charge >= 0.3 is 12.1 Å². The highest BCUT2D eigenvalue weighted by Crippen LogP contribution is 2.44. The molecule has 8 nitrogen and oxygen atoms in total. The average Bonchev–Trinajstić information content (AvgIpc) is 3.26. The Kier molecular flexibility index (Phi) is 8.66. The van der Waals surface area contributed by atoms with E-state index >= 15 is 0 Å². The standard InChI is InChI=1S/C31H34N2O6/c1-20(38-17-21-11-5-4-6-12-21)27(28(34)32-19-31(2,3)29(35)36)33-30(37)39-18-26-24-15-9-7-13-22(24)23-14-8-10-16-25(23)26/h4-16,20,26-27H,17-19H2,1-3H3,(H,32,34)(H,33,37)(H,35,36). The lowest BCUT2D eigenvalue weighted by Crippen LogP contribution is -2.55. The monoisotopic (exact) mass is 530 g/mol. The topological polar surface area (TPSA) is 114 Å². The Bertz CT molecular complexity index is 1280. The molecule has 0 bridgehead atoms. The highest BCUT2D eigenvalue weighted by atomic mass is 16.5. The number of hydrogen-bond donors (Lipinski definition) is 3. The van der Waals surface area contributed by atoms with Gasteiger partial charge in [0, 0.05) is 12.5 Å². The van der Waals surface area contributed by atoms with Gasteiger partial charge in [0.25, 0.3) is 0 Å². The van der Waals surface area contributed by atoms with Gasteiger partial charge in [-0.15, -0.1) is 0 Å². The number of benzene rings is 3. The molecular weight excluding hydrogens is 496 g/mol. The predicted octanol–water partition coefficient (Wildman–Crippen LogP) is 4.73. The first kappa shape index (κ1) is 27.9. The van der Waals surface area contributed by atoms with Gasteiger partial charge in [-0.2, -0.15) is 0 Å². The molecule has 1 aliphatic rings. The van der Waals surface area contributed by atoms with Crippen LogP contribution in [0, 0.1) is 5.41 Å². The lowest BCUT2D eigenvalue weighted by atomic mass is 9.93. The zero-order valence-corrected chi connectivity index (χ0v) is 22.3. The molecule has 0 saturated carbocycles. The maximum absolute atomic E-state index is 13.1. The first-order valence-electron chi connectivity index (χ1n) is 13.0. The summed E-state index contributed by atoms with van der Waals surface area (Å²) >= 11 is 0. The molecule has 2 unspecified atom stereocenters. The fourth-order valence-electron chi connectivity index (χ4n) is 4.55. The van der Waals surface area contributed by atoms with Gasteiger partial charge in [-0.25, -0.2) is 4.79 Å². The number of nitrogens with one attached hydrogen (secondary N) is 2. The first-order valence-corrected chi connectivity index (χ1v) is 13.0. The zero-order chi connectivity index (χ0) is 28.0. The van der Waals surface area contributed by atoms with Crippen LogP contribution in [0.25, 0.3) is 11.1 Å². The minimum atomic E-state index is -1.18. The molecular formula is C31H34N2O6. The van der Waals surface area contributed by atoms with Gasteiger partial charge in [-0.1, -0.05) is 78.9 Å². The summed E-state index contributed by atoms with van der Waals surface area (Å²) in [6.45, 7) is 4.92. The van der Waals surface area contributed by atoms with E-state index in [2.05, 4.69) is 22.8 Å². The summed E-state index contributed by atoms with van der Waals surface area (Å²) in [6, 6.07) is 24.4. The Morgan fingerprint density at radius 2 is 1.46 bits per heavy atom. The van der Waals surface area contributed by atoms with E-state index in [9.17, 15) is 19.5 Å². The number of aliphatic carboxylic acids is 1. The lowest BCUT2D eigenvalue weighted by molar-refractivity contribution is -0.147. The molecule has 0 fully saturated rings. The van der Waals surface area contributed by atoms with Gasteiger partial charge in [0.05, 0.1) is 18.1 Å². The van der Waals surface area contributed by atoms with E-state index in [0.29, 0.717) is 0 Å². The molecule has 3 N–H and O–H groups in total. The maximum atomic E-state index is 13.1. The van der Waals surface area contributed by atoms with Crippen LogP contribution in [0.5, 0.6) is 0 Å². The van der Waals surface area contributed by atoms with Gasteiger partial charge in [0.15, 0.2) is 0 Å². The van der Waals surface area contributed by atoms with Crippen molar-refractivity contribution in [3.05, 3.63) is 95.6 Å². The largest absolute Gasteiger partial charge is 0.481 e. The SMILES string of the molecule is CC(OCc1ccccc1)C(NC(=O)OCC1c2ccccc2-c2ccccc21)C(=O)NCC(C)(C)C(=O)O. The second kappa shape index (κ2) is 12.1. The molecule has 0 heterocycles. The highest BCUT2D eigenvalue weighted by Gasteiger charge is 2.33. The Labute approximate surface area is 228 Å². The summed E-state index contributed by atoms with van der Waals surface area (Å²) in [7, 11) is 0. The van der Waals surface area contributed by atoms with Crippen LogP contribution >= 0.6 is 0 Å². The van der Waals surface area contributed by atoms with Crippen molar-refractivity contribution in [2.24, 2.45) is 5.41 Å². The van der Waals surface area contributed by atoms with Crippen LogP contribution in [0.3, 0.4) is 0 Å². The second-order valence-corrected chi connectivity index (χ2v) is 10.4. The van der Waals surface area contributed by atoms with Crippen molar-refractivity contribution in [2.45, 2.75) is 45.4 Å². The summed E-state index contributed by atoms with van der Waals surface area (Å²) in [5.41, 5.74) is 4.12. The van der Waals surface area contributed by atoms with E-state index < -0.39 is 35.5 Å². The number of fused-ring (bicyclic) bond motifs is 3. The number of hydrogen-bond acceptors (Lipinski definition) is 5. The Morgan fingerprint density at radius 1 is 0.897 bits per heavy atom. The summed E-state index contributed by atoms with van der Waals surface area (Å²) in [6.07, 6.45) is -1.48. The van der Waals surface area contributed by atoms with Gasteiger partial charge in [-0.05, 0) is 48.6 Å². The Hall–Kier alpha value is -4.17. The van der Waals surface area contributed by atoms with E-state index in [1.807, 2.05) is 66.7 Å². The predicted molar refractivity (Wildman–Crippen MR) is 147 cm³/mol. The normalized spacial score (nSPS) is 14.0. The van der Waals surface area contributed by atoms with E-state index in [4.69, 9.17) is 9.47 Å². The Balaban J connectivity index is 1.43. The smallest absolute Gasteiger partial charge is 0.407 e. The zero-order valence-electron chi connectivity index (χ0n) is 22.3. The number of carbonyl (C=O) groups excluding carboxylic acids is 2. The number of carbonyl (C=O) groups is 3. The fourth-order valence-corrected chi connectivity index (χ4v) is 4.55. The maximum Gasteiger partial charge on any atom is 0.407 e. The fraction of sp³-hybridized carbons (Fsp3) is 0.323. The molecule has 0 spiro atoms. The lowest BCUT2D eigenvalue weighted by Gasteiger charge is -2.27. The highest BCUT2D eigenvalue weighted by molar-refractivity contribution is 5.87. The van der Waals surface area contributed by atoms with Gasteiger partial charge in [-0.3, -0.25) is 9.59 Å². The van der Waals surface area contributed by atoms with Crippen molar-refractivity contribution in [3.8, 4) is 11.1 Å². The molecule has 4 rings (SSSR count). The number of amides is 2. The number of carboxylic acid groups (broad SMARTS) is 1. The second-order valence-electron chi connectivity index (χ2n) is 10.4. The molecule has 0 aromatic heterocycles. The van der Waals surface area contributed by atoms with Crippen molar-refractivity contribution in [3.63, 3.8) is 0 Å². The van der Waals surface area contributed by atoms with Crippen LogP contribution in [0.15, 0.2) is 78.9 Å². The van der Waals surface area contributed by atoms with Crippen LogP contribution in [-0.4, -0.2) is 48.4 Å². The van der Waals surface area contributed by atoms with Crippen molar-refractivity contribution >= 4 is 18.0 Å². The van der Waals surface area contributed by atoms with Crippen molar-refractivity contribution in [2.75, 3.05) is 13.2 Å². The van der Waals surface area contributed by atoms with Crippen LogP contribution in [-0.2, 0) is 25.7 Å². The van der Waals surface area contributed by atoms with Gasteiger partial charge < -0.3 is 25.2 Å². The van der Waals surface area contributed by atoms with Crippen LogP contribution in [0.1, 0.15) is 43.4 Å². The third-order valence-electron chi connectivity index (χ3n) is 7.01. The Morgan fingerprint density at radius 3 is 2.05 bits per heavy atom.